The van der Waals surface area contributed by atoms with Crippen molar-refractivity contribution in [3.05, 3.63) is 77.5 Å². The van der Waals surface area contributed by atoms with Gasteiger partial charge in [0.15, 0.2) is 0 Å². The number of carbonyl (C=O) groups is 1. The van der Waals surface area contributed by atoms with Gasteiger partial charge in [-0.05, 0) is 42.5 Å². The highest BCUT2D eigenvalue weighted by molar-refractivity contribution is 6.08. The van der Waals surface area contributed by atoms with Crippen LogP contribution in [0.3, 0.4) is 0 Å². The van der Waals surface area contributed by atoms with E-state index in [1.165, 1.54) is 5.56 Å². The van der Waals surface area contributed by atoms with E-state index in [-0.39, 0.29) is 5.91 Å². The van der Waals surface area contributed by atoms with E-state index in [1.807, 2.05) is 60.7 Å². The summed E-state index contributed by atoms with van der Waals surface area (Å²) >= 11 is 0. The summed E-state index contributed by atoms with van der Waals surface area (Å²) in [5.74, 6) is -0.112. The van der Waals surface area contributed by atoms with E-state index in [2.05, 4.69) is 19.2 Å². The number of anilines is 1. The molecular formula is C25H28N2O. The van der Waals surface area contributed by atoms with Gasteiger partial charge in [-0.15, -0.1) is 0 Å². The predicted octanol–water partition coefficient (Wildman–Crippen LogP) is 6.18. The summed E-state index contributed by atoms with van der Waals surface area (Å²) < 4.78 is 0. The van der Waals surface area contributed by atoms with Crippen LogP contribution in [0.4, 0.5) is 5.69 Å². The number of aryl methyl sites for hydroxylation is 1. The lowest BCUT2D eigenvalue weighted by molar-refractivity contribution is -0.111. The summed E-state index contributed by atoms with van der Waals surface area (Å²) in [7, 11) is 0. The van der Waals surface area contributed by atoms with Crippen LogP contribution < -0.4 is 5.32 Å². The Morgan fingerprint density at radius 2 is 1.71 bits per heavy atom. The Labute approximate surface area is 167 Å². The van der Waals surface area contributed by atoms with Crippen molar-refractivity contribution in [1.29, 1.82) is 0 Å². The molecule has 3 nitrogen and oxygen atoms in total. The average molecular weight is 373 g/mol. The molecule has 1 amide bonds. The van der Waals surface area contributed by atoms with E-state index in [1.54, 1.807) is 6.08 Å². The zero-order chi connectivity index (χ0) is 19.8. The van der Waals surface area contributed by atoms with E-state index >= 15 is 0 Å². The minimum Gasteiger partial charge on any atom is -0.322 e. The number of pyridine rings is 1. The zero-order valence-corrected chi connectivity index (χ0v) is 16.7. The summed E-state index contributed by atoms with van der Waals surface area (Å²) in [6, 6.07) is 17.9. The zero-order valence-electron chi connectivity index (χ0n) is 16.7. The number of hydrogen-bond donors (Lipinski definition) is 1. The fourth-order valence-corrected chi connectivity index (χ4v) is 3.42. The Morgan fingerprint density at radius 1 is 0.964 bits per heavy atom. The molecule has 3 rings (SSSR count). The lowest BCUT2D eigenvalue weighted by Crippen LogP contribution is -2.13. The molecule has 0 saturated heterocycles. The van der Waals surface area contributed by atoms with Gasteiger partial charge in [-0.25, -0.2) is 0 Å². The van der Waals surface area contributed by atoms with Gasteiger partial charge >= 0.3 is 0 Å². The molecule has 0 spiro atoms. The summed E-state index contributed by atoms with van der Waals surface area (Å²) in [4.78, 5) is 17.6. The molecule has 0 unspecified atom stereocenters. The molecule has 144 valence electrons. The number of carbonyl (C=O) groups excluding carboxylic acids is 1. The molecule has 3 aromatic rings. The van der Waals surface area contributed by atoms with Crippen molar-refractivity contribution in [1.82, 2.24) is 4.98 Å². The maximum Gasteiger partial charge on any atom is 0.248 e. The van der Waals surface area contributed by atoms with E-state index < -0.39 is 0 Å². The minimum absolute atomic E-state index is 0.112. The first kappa shape index (κ1) is 19.8. The lowest BCUT2D eigenvalue weighted by Gasteiger charge is -2.17. The molecule has 28 heavy (non-hydrogen) atoms. The molecule has 1 heterocycles. The maximum absolute atomic E-state index is 12.7. The van der Waals surface area contributed by atoms with Crippen LogP contribution in [0.1, 0.15) is 49.9 Å². The molecule has 0 saturated carbocycles. The molecule has 0 aliphatic rings. The highest BCUT2D eigenvalue weighted by Gasteiger charge is 2.15. The fourth-order valence-electron chi connectivity index (χ4n) is 3.42. The number of fused-ring (bicyclic) bond motifs is 1. The van der Waals surface area contributed by atoms with Crippen LogP contribution in [0, 0.1) is 0 Å². The van der Waals surface area contributed by atoms with Gasteiger partial charge in [-0.1, -0.05) is 75.2 Å². The second kappa shape index (κ2) is 9.84. The highest BCUT2D eigenvalue weighted by Crippen LogP contribution is 2.30. The second-order valence-electron chi connectivity index (χ2n) is 7.02. The molecule has 0 bridgehead atoms. The molecule has 0 aliphatic heterocycles. The van der Waals surface area contributed by atoms with Crippen molar-refractivity contribution in [3.8, 4) is 0 Å². The lowest BCUT2D eigenvalue weighted by atomic mass is 9.98. The Balaban J connectivity index is 1.98. The van der Waals surface area contributed by atoms with Crippen LogP contribution in [0.15, 0.2) is 60.7 Å². The largest absolute Gasteiger partial charge is 0.322 e. The number of nitrogens with one attached hydrogen (secondary N) is 1. The van der Waals surface area contributed by atoms with E-state index in [0.29, 0.717) is 0 Å². The smallest absolute Gasteiger partial charge is 0.248 e. The van der Waals surface area contributed by atoms with Gasteiger partial charge < -0.3 is 5.32 Å². The van der Waals surface area contributed by atoms with Crippen LogP contribution in [-0.4, -0.2) is 10.9 Å². The van der Waals surface area contributed by atoms with Crippen LogP contribution in [0.5, 0.6) is 0 Å². The SMILES string of the molecule is CCCCc1nc2ccccc2c(NC(=O)C=Cc2ccccc2)c1CCC. The molecule has 0 fully saturated rings. The molecule has 0 atom stereocenters. The summed E-state index contributed by atoms with van der Waals surface area (Å²) in [5, 5.41) is 4.17. The molecule has 1 aromatic heterocycles. The minimum atomic E-state index is -0.112. The van der Waals surface area contributed by atoms with Gasteiger partial charge in [0.05, 0.1) is 11.2 Å². The van der Waals surface area contributed by atoms with Gasteiger partial charge in [0.2, 0.25) is 5.91 Å². The van der Waals surface area contributed by atoms with Gasteiger partial charge in [-0.2, -0.15) is 0 Å². The number of unbranched alkanes of at least 4 members (excludes halogenated alkanes) is 1. The summed E-state index contributed by atoms with van der Waals surface area (Å²) in [5.41, 5.74) is 5.16. The average Bonchev–Trinajstić information content (AvgIpc) is 2.73. The van der Waals surface area contributed by atoms with Crippen molar-refractivity contribution >= 4 is 28.6 Å². The number of amides is 1. The molecule has 1 N–H and O–H groups in total. The Hall–Kier alpha value is -2.94. The predicted molar refractivity (Wildman–Crippen MR) is 118 cm³/mol. The summed E-state index contributed by atoms with van der Waals surface area (Å²) in [6.45, 7) is 4.36. The number of nitrogens with zero attached hydrogens (tertiary/aromatic N) is 1. The second-order valence-corrected chi connectivity index (χ2v) is 7.02. The normalized spacial score (nSPS) is 11.2. The van der Waals surface area contributed by atoms with Crippen molar-refractivity contribution in [2.24, 2.45) is 0 Å². The first-order valence-corrected chi connectivity index (χ1v) is 10.2. The monoisotopic (exact) mass is 372 g/mol. The fraction of sp³-hybridized carbons (Fsp3) is 0.280. The van der Waals surface area contributed by atoms with Gasteiger partial charge in [-0.3, -0.25) is 9.78 Å². The van der Waals surface area contributed by atoms with E-state index in [0.717, 1.165) is 60.0 Å². The van der Waals surface area contributed by atoms with Gasteiger partial charge in [0.1, 0.15) is 0 Å². The number of hydrogen-bond acceptors (Lipinski definition) is 2. The molecule has 3 heteroatoms. The van der Waals surface area contributed by atoms with Gasteiger partial charge in [0, 0.05) is 17.2 Å². The quantitative estimate of drug-likeness (QED) is 0.480. The van der Waals surface area contributed by atoms with Gasteiger partial charge in [0.25, 0.3) is 0 Å². The molecule has 0 aliphatic carbocycles. The van der Waals surface area contributed by atoms with E-state index in [9.17, 15) is 4.79 Å². The topological polar surface area (TPSA) is 42.0 Å². The van der Waals surface area contributed by atoms with E-state index in [4.69, 9.17) is 4.98 Å². The maximum atomic E-state index is 12.7. The Bertz CT molecular complexity index is 961. The van der Waals surface area contributed by atoms with Crippen LogP contribution >= 0.6 is 0 Å². The third-order valence-electron chi connectivity index (χ3n) is 4.82. The van der Waals surface area contributed by atoms with Crippen LogP contribution in [0.2, 0.25) is 0 Å². The standard InChI is InChI=1S/C25H28N2O/c1-3-5-15-22-20(11-4-2)25(21-14-9-10-16-23(21)26-22)27-24(28)18-17-19-12-7-6-8-13-19/h6-10,12-14,16-18H,3-5,11,15H2,1-2H3,(H,26,27,28). The number of aromatic nitrogens is 1. The van der Waals surface area contributed by atoms with Crippen molar-refractivity contribution in [2.45, 2.75) is 46.0 Å². The molecule has 0 radical (unpaired) electrons. The third-order valence-corrected chi connectivity index (χ3v) is 4.82. The number of para-hydroxylation sites is 1. The molecular weight excluding hydrogens is 344 g/mol. The highest BCUT2D eigenvalue weighted by atomic mass is 16.1. The third kappa shape index (κ3) is 4.86. The Morgan fingerprint density at radius 3 is 2.46 bits per heavy atom. The first-order valence-electron chi connectivity index (χ1n) is 10.2. The summed E-state index contributed by atoms with van der Waals surface area (Å²) in [6.07, 6.45) is 8.54. The number of benzene rings is 2. The van der Waals surface area contributed by atoms with Crippen LogP contribution in [-0.2, 0) is 17.6 Å². The van der Waals surface area contributed by atoms with Crippen molar-refractivity contribution in [3.63, 3.8) is 0 Å². The van der Waals surface area contributed by atoms with Crippen molar-refractivity contribution in [2.75, 3.05) is 5.32 Å². The molecule has 2 aromatic carbocycles. The number of rotatable bonds is 8. The van der Waals surface area contributed by atoms with Crippen LogP contribution in [0.25, 0.3) is 17.0 Å². The first-order chi connectivity index (χ1) is 13.7. The Kier molecular flexibility index (Phi) is 6.96. The van der Waals surface area contributed by atoms with Crippen molar-refractivity contribution < 1.29 is 4.79 Å².